The number of benzene rings is 10. The highest BCUT2D eigenvalue weighted by atomic mass is 16.5. The maximum Gasteiger partial charge on any atom is 0.338 e. The molecule has 0 saturated carbocycles. The summed E-state index contributed by atoms with van der Waals surface area (Å²) in [5.41, 5.74) is 22.8. The van der Waals surface area contributed by atoms with Gasteiger partial charge in [0.25, 0.3) is 6.71 Å². The molecule has 0 atom stereocenters. The summed E-state index contributed by atoms with van der Waals surface area (Å²) < 4.78 is 6.33. The zero-order valence-electron chi connectivity index (χ0n) is 42.9. The van der Waals surface area contributed by atoms with Crippen molar-refractivity contribution in [3.63, 3.8) is 0 Å². The van der Waals surface area contributed by atoms with E-state index in [1.807, 2.05) is 30.3 Å². The lowest BCUT2D eigenvalue weighted by Gasteiger charge is -2.47. The Kier molecular flexibility index (Phi) is 11.3. The zero-order chi connectivity index (χ0) is 50.8. The van der Waals surface area contributed by atoms with Crippen LogP contribution in [-0.2, 0) is 22.2 Å². The van der Waals surface area contributed by atoms with E-state index >= 15 is 4.79 Å². The molecule has 2 heterocycles. The zero-order valence-corrected chi connectivity index (χ0v) is 42.9. The van der Waals surface area contributed by atoms with E-state index in [2.05, 4.69) is 244 Å². The number of carbonyl (C=O) groups excluding carboxylic acids is 1. The minimum absolute atomic E-state index is 0.0418. The van der Waals surface area contributed by atoms with Gasteiger partial charge in [0, 0.05) is 34.1 Å². The van der Waals surface area contributed by atoms with Gasteiger partial charge in [0.15, 0.2) is 0 Å². The molecule has 13 rings (SSSR count). The van der Waals surface area contributed by atoms with Crippen LogP contribution in [0.3, 0.4) is 0 Å². The van der Waals surface area contributed by atoms with Gasteiger partial charge in [0.1, 0.15) is 6.61 Å². The van der Waals surface area contributed by atoms with Gasteiger partial charge in [-0.25, -0.2) is 4.79 Å². The topological polar surface area (TPSA) is 32.8 Å². The van der Waals surface area contributed by atoms with Crippen molar-refractivity contribution in [2.75, 3.05) is 9.80 Å². The first kappa shape index (κ1) is 46.1. The molecule has 3 aliphatic rings. The minimum Gasteiger partial charge on any atom is -0.457 e. The van der Waals surface area contributed by atoms with Gasteiger partial charge >= 0.3 is 5.97 Å². The maximum absolute atomic E-state index is 15.1. The van der Waals surface area contributed by atoms with E-state index in [1.165, 1.54) is 22.1 Å². The molecule has 0 radical (unpaired) electrons. The van der Waals surface area contributed by atoms with Crippen molar-refractivity contribution < 1.29 is 9.53 Å². The fourth-order valence-electron chi connectivity index (χ4n) is 12.2. The molecule has 1 aliphatic carbocycles. The Morgan fingerprint density at radius 2 is 0.813 bits per heavy atom. The van der Waals surface area contributed by atoms with Crippen molar-refractivity contribution in [2.24, 2.45) is 0 Å². The third kappa shape index (κ3) is 8.24. The van der Waals surface area contributed by atoms with Gasteiger partial charge in [-0.3, -0.25) is 0 Å². The summed E-state index contributed by atoms with van der Waals surface area (Å²) in [6, 6.07) is 84.9. The number of hydrogen-bond acceptors (Lipinski definition) is 4. The third-order valence-electron chi connectivity index (χ3n) is 16.2. The van der Waals surface area contributed by atoms with Crippen LogP contribution in [0.25, 0.3) is 44.5 Å². The van der Waals surface area contributed by atoms with Crippen molar-refractivity contribution in [3.8, 4) is 44.5 Å². The van der Waals surface area contributed by atoms with Crippen LogP contribution in [0, 0.1) is 0 Å². The summed E-state index contributed by atoms with van der Waals surface area (Å²) in [6.45, 7) is 9.68. The molecular weight excluding hydrogens is 912 g/mol. The smallest absolute Gasteiger partial charge is 0.338 e. The van der Waals surface area contributed by atoms with Crippen LogP contribution >= 0.6 is 0 Å². The van der Waals surface area contributed by atoms with Gasteiger partial charge in [-0.05, 0) is 162 Å². The number of carbonyl (C=O) groups is 1. The molecule has 4 nitrogen and oxygen atoms in total. The van der Waals surface area contributed by atoms with E-state index in [-0.39, 0.29) is 30.1 Å². The molecule has 5 heteroatoms. The highest BCUT2D eigenvalue weighted by molar-refractivity contribution is 7.00. The van der Waals surface area contributed by atoms with Gasteiger partial charge in [-0.1, -0.05) is 204 Å². The highest BCUT2D eigenvalue weighted by Crippen LogP contribution is 2.51. The summed E-state index contributed by atoms with van der Waals surface area (Å²) in [5.74, 6) is -0.377. The van der Waals surface area contributed by atoms with Crippen LogP contribution in [0.1, 0.15) is 67.6 Å². The number of ether oxygens (including phenoxy) is 1. The molecule has 0 amide bonds. The van der Waals surface area contributed by atoms with E-state index in [4.69, 9.17) is 4.74 Å². The monoisotopic (exact) mass is 968 g/mol. The molecule has 2 aliphatic heterocycles. The molecule has 0 fully saturated rings. The fraction of sp³-hybridized carbons (Fsp3) is 0.129. The van der Waals surface area contributed by atoms with Crippen molar-refractivity contribution in [3.05, 3.63) is 259 Å². The standard InChI is InChI=1S/C70H57BN2O2/c1-69(2)34-35-70(3,4)60-45-64-62(44-59(60)69)71-61-32-20-21-33-63(61)72(57-38-52(48-24-12-6-13-25-48)36-53(39-57)49-26-14-7-15-27-49)65-42-56(68(74)75-46-47-22-10-5-11-23-47)43-66(67(65)71)73(64)58-40-54(50-28-16-8-17-29-50)37-55(41-58)51-30-18-9-19-31-51/h5-33,36-45H,34-35,46H2,1-4H3. The van der Waals surface area contributed by atoms with Gasteiger partial charge in [0.2, 0.25) is 0 Å². The number of esters is 1. The van der Waals surface area contributed by atoms with Crippen LogP contribution in [0.5, 0.6) is 0 Å². The Morgan fingerprint density at radius 3 is 1.28 bits per heavy atom. The molecule has 10 aromatic carbocycles. The summed E-state index contributed by atoms with van der Waals surface area (Å²) in [6.07, 6.45) is 2.18. The molecule has 0 spiro atoms. The number of anilines is 6. The second kappa shape index (κ2) is 18.4. The summed E-state index contributed by atoms with van der Waals surface area (Å²) in [5, 5.41) is 0. The third-order valence-corrected chi connectivity index (χ3v) is 16.2. The lowest BCUT2D eigenvalue weighted by Crippen LogP contribution is -2.62. The molecule has 0 aromatic heterocycles. The van der Waals surface area contributed by atoms with Crippen LogP contribution in [0.15, 0.2) is 237 Å². The average Bonchev–Trinajstić information content (AvgIpc) is 3.51. The SMILES string of the molecule is CC1(C)CCC(C)(C)c2cc3c(cc21)B1c2ccccc2N(c2cc(-c4ccccc4)cc(-c4ccccc4)c2)c2cc(C(=O)OCc4ccccc4)cc(c21)N3c1cc(-c2ccccc2)cc(-c2ccccc2)c1. The summed E-state index contributed by atoms with van der Waals surface area (Å²) in [4.78, 5) is 20.0. The fourth-order valence-corrected chi connectivity index (χ4v) is 12.2. The Bertz CT molecular complexity index is 3680. The van der Waals surface area contributed by atoms with Crippen LogP contribution in [0.2, 0.25) is 0 Å². The second-order valence-electron chi connectivity index (χ2n) is 21.9. The lowest BCUT2D eigenvalue weighted by molar-refractivity contribution is 0.0473. The van der Waals surface area contributed by atoms with Crippen LogP contribution in [-0.4, -0.2) is 12.7 Å². The number of rotatable bonds is 9. The molecule has 362 valence electrons. The lowest BCUT2D eigenvalue weighted by atomic mass is 9.33. The Hall–Kier alpha value is -8.67. The van der Waals surface area contributed by atoms with E-state index in [0.29, 0.717) is 5.56 Å². The van der Waals surface area contributed by atoms with Crippen LogP contribution in [0.4, 0.5) is 34.1 Å². The van der Waals surface area contributed by atoms with Gasteiger partial charge < -0.3 is 14.5 Å². The molecular formula is C70H57BN2O2. The van der Waals surface area contributed by atoms with E-state index in [0.717, 1.165) is 102 Å². The predicted molar refractivity (Wildman–Crippen MR) is 313 cm³/mol. The number of para-hydroxylation sites is 1. The predicted octanol–water partition coefficient (Wildman–Crippen LogP) is 16.1. The average molecular weight is 969 g/mol. The quantitative estimate of drug-likeness (QED) is 0.107. The van der Waals surface area contributed by atoms with Crippen molar-refractivity contribution in [1.82, 2.24) is 0 Å². The first-order chi connectivity index (χ1) is 36.6. The highest BCUT2D eigenvalue weighted by Gasteiger charge is 2.47. The first-order valence-corrected chi connectivity index (χ1v) is 26.4. The summed E-state index contributed by atoms with van der Waals surface area (Å²) >= 11 is 0. The first-order valence-electron chi connectivity index (χ1n) is 26.4. The Labute approximate surface area is 441 Å². The largest absolute Gasteiger partial charge is 0.457 e. The molecule has 0 bridgehead atoms. The Balaban J connectivity index is 1.14. The van der Waals surface area contributed by atoms with Crippen molar-refractivity contribution in [2.45, 2.75) is 58.0 Å². The normalized spacial score (nSPS) is 14.5. The van der Waals surface area contributed by atoms with E-state index in [9.17, 15) is 0 Å². The molecule has 0 saturated heterocycles. The summed E-state index contributed by atoms with van der Waals surface area (Å²) in [7, 11) is 0. The molecule has 0 unspecified atom stereocenters. The number of hydrogen-bond donors (Lipinski definition) is 0. The van der Waals surface area contributed by atoms with Gasteiger partial charge in [-0.15, -0.1) is 0 Å². The van der Waals surface area contributed by atoms with E-state index < -0.39 is 0 Å². The second-order valence-corrected chi connectivity index (χ2v) is 21.9. The number of nitrogens with zero attached hydrogens (tertiary/aromatic N) is 2. The molecule has 0 N–H and O–H groups in total. The van der Waals surface area contributed by atoms with Crippen molar-refractivity contribution >= 4 is 63.2 Å². The minimum atomic E-state index is -0.377. The van der Waals surface area contributed by atoms with Crippen molar-refractivity contribution in [1.29, 1.82) is 0 Å². The van der Waals surface area contributed by atoms with Crippen LogP contribution < -0.4 is 26.2 Å². The van der Waals surface area contributed by atoms with Gasteiger partial charge in [0.05, 0.1) is 5.56 Å². The van der Waals surface area contributed by atoms with E-state index in [1.54, 1.807) is 0 Å². The maximum atomic E-state index is 15.1. The Morgan fingerprint density at radius 1 is 0.413 bits per heavy atom. The molecule has 75 heavy (non-hydrogen) atoms. The number of fused-ring (bicyclic) bond motifs is 5. The molecule has 10 aromatic rings. The van der Waals surface area contributed by atoms with Gasteiger partial charge in [-0.2, -0.15) is 0 Å².